The average molecular weight is 265 g/mol. The normalized spacial score (nSPS) is 16.5. The molecule has 1 N–H and O–H groups in total. The Labute approximate surface area is 114 Å². The van der Waals surface area contributed by atoms with Crippen molar-refractivity contribution in [1.29, 1.82) is 0 Å². The molecule has 0 atom stereocenters. The second-order valence-corrected chi connectivity index (χ2v) is 5.03. The van der Waals surface area contributed by atoms with Gasteiger partial charge in [0.15, 0.2) is 0 Å². The van der Waals surface area contributed by atoms with Crippen LogP contribution in [0.15, 0.2) is 16.5 Å². The number of hydrogen-bond acceptors (Lipinski definition) is 4. The second kappa shape index (κ2) is 6.73. The number of hydrogen-bond donors (Lipinski definition) is 1. The lowest BCUT2D eigenvalue weighted by atomic mass is 10.2. The minimum absolute atomic E-state index is 0.115. The summed E-state index contributed by atoms with van der Waals surface area (Å²) in [4.78, 5) is 16.0. The third-order valence-electron chi connectivity index (χ3n) is 3.51. The summed E-state index contributed by atoms with van der Waals surface area (Å²) in [5, 5.41) is 3.33. The highest BCUT2D eigenvalue weighted by atomic mass is 16.4. The van der Waals surface area contributed by atoms with Gasteiger partial charge in [0.1, 0.15) is 5.76 Å². The molecule has 0 aromatic carbocycles. The minimum Gasteiger partial charge on any atom is -0.445 e. The first kappa shape index (κ1) is 14.1. The predicted octanol–water partition coefficient (Wildman–Crippen LogP) is 1.24. The fourth-order valence-electron chi connectivity index (χ4n) is 2.28. The number of amides is 1. The van der Waals surface area contributed by atoms with Gasteiger partial charge in [-0.2, -0.15) is 0 Å². The molecule has 1 fully saturated rings. The Bertz CT molecular complexity index is 411. The van der Waals surface area contributed by atoms with Gasteiger partial charge in [-0.1, -0.05) is 0 Å². The molecule has 0 radical (unpaired) electrons. The molecule has 106 valence electrons. The Hall–Kier alpha value is -1.33. The van der Waals surface area contributed by atoms with Gasteiger partial charge in [-0.3, -0.25) is 9.69 Å². The number of anilines is 1. The van der Waals surface area contributed by atoms with Crippen molar-refractivity contribution in [1.82, 2.24) is 10.2 Å². The van der Waals surface area contributed by atoms with Crippen LogP contribution in [-0.2, 0) is 4.79 Å². The number of furan rings is 1. The van der Waals surface area contributed by atoms with E-state index in [1.165, 1.54) is 0 Å². The Kier molecular flexibility index (Phi) is 4.99. The third-order valence-corrected chi connectivity index (χ3v) is 3.51. The largest absolute Gasteiger partial charge is 0.445 e. The lowest BCUT2D eigenvalue weighted by Crippen LogP contribution is -2.43. The van der Waals surface area contributed by atoms with Gasteiger partial charge in [0.05, 0.1) is 0 Å². The lowest BCUT2D eigenvalue weighted by molar-refractivity contribution is -0.118. The molecule has 0 aliphatic carbocycles. The second-order valence-electron chi connectivity index (χ2n) is 5.03. The Morgan fingerprint density at radius 3 is 2.79 bits per heavy atom. The van der Waals surface area contributed by atoms with Gasteiger partial charge >= 0.3 is 0 Å². The summed E-state index contributed by atoms with van der Waals surface area (Å²) in [7, 11) is 1.77. The van der Waals surface area contributed by atoms with Crippen molar-refractivity contribution in [2.45, 2.75) is 19.8 Å². The van der Waals surface area contributed by atoms with E-state index < -0.39 is 0 Å². The Balaban J connectivity index is 1.71. The van der Waals surface area contributed by atoms with E-state index >= 15 is 0 Å². The van der Waals surface area contributed by atoms with Crippen molar-refractivity contribution in [2.75, 3.05) is 44.7 Å². The zero-order chi connectivity index (χ0) is 13.7. The first-order valence-electron chi connectivity index (χ1n) is 6.93. The van der Waals surface area contributed by atoms with Crippen LogP contribution in [0.3, 0.4) is 0 Å². The maximum atomic E-state index is 12.0. The van der Waals surface area contributed by atoms with E-state index in [1.807, 2.05) is 19.1 Å². The smallest absolute Gasteiger partial charge is 0.229 e. The van der Waals surface area contributed by atoms with Gasteiger partial charge < -0.3 is 14.6 Å². The van der Waals surface area contributed by atoms with Crippen LogP contribution < -0.4 is 10.2 Å². The van der Waals surface area contributed by atoms with Crippen molar-refractivity contribution < 1.29 is 9.21 Å². The van der Waals surface area contributed by atoms with E-state index in [1.54, 1.807) is 11.9 Å². The monoisotopic (exact) mass is 265 g/mol. The summed E-state index contributed by atoms with van der Waals surface area (Å²) in [6.07, 6.45) is 1.48. The molecule has 2 rings (SSSR count). The number of carbonyl (C=O) groups excluding carboxylic acids is 1. The molecule has 0 spiro atoms. The molecule has 5 heteroatoms. The van der Waals surface area contributed by atoms with Gasteiger partial charge in [-0.25, -0.2) is 0 Å². The van der Waals surface area contributed by atoms with Gasteiger partial charge in [-0.15, -0.1) is 0 Å². The van der Waals surface area contributed by atoms with Gasteiger partial charge in [0.2, 0.25) is 11.8 Å². The Morgan fingerprint density at radius 1 is 1.42 bits per heavy atom. The zero-order valence-electron chi connectivity index (χ0n) is 11.8. The van der Waals surface area contributed by atoms with E-state index in [0.717, 1.165) is 44.9 Å². The molecule has 1 aromatic heterocycles. The molecule has 5 nitrogen and oxygen atoms in total. The number of nitrogens with zero attached hydrogens (tertiary/aromatic N) is 2. The van der Waals surface area contributed by atoms with Crippen molar-refractivity contribution in [3.8, 4) is 0 Å². The molecule has 2 heterocycles. The van der Waals surface area contributed by atoms with Gasteiger partial charge in [-0.05, 0) is 26.0 Å². The molecule has 1 amide bonds. The lowest BCUT2D eigenvalue weighted by Gasteiger charge is -2.27. The van der Waals surface area contributed by atoms with E-state index in [4.69, 9.17) is 4.42 Å². The van der Waals surface area contributed by atoms with E-state index in [0.29, 0.717) is 12.3 Å². The number of piperazine rings is 1. The molecule has 0 bridgehead atoms. The highest BCUT2D eigenvalue weighted by molar-refractivity contribution is 5.91. The van der Waals surface area contributed by atoms with Crippen molar-refractivity contribution in [2.24, 2.45) is 0 Å². The first-order valence-corrected chi connectivity index (χ1v) is 6.93. The van der Waals surface area contributed by atoms with Crippen molar-refractivity contribution in [3.63, 3.8) is 0 Å². The summed E-state index contributed by atoms with van der Waals surface area (Å²) in [5.41, 5.74) is 0. The first-order chi connectivity index (χ1) is 9.16. The highest BCUT2D eigenvalue weighted by Gasteiger charge is 2.15. The van der Waals surface area contributed by atoms with Crippen LogP contribution in [0.5, 0.6) is 0 Å². The van der Waals surface area contributed by atoms with Crippen molar-refractivity contribution >= 4 is 11.8 Å². The molecule has 1 saturated heterocycles. The van der Waals surface area contributed by atoms with Crippen LogP contribution >= 0.6 is 0 Å². The van der Waals surface area contributed by atoms with Gasteiger partial charge in [0.25, 0.3) is 0 Å². The summed E-state index contributed by atoms with van der Waals surface area (Å²) >= 11 is 0. The predicted molar refractivity (Wildman–Crippen MR) is 75.4 cm³/mol. The van der Waals surface area contributed by atoms with Crippen LogP contribution in [-0.4, -0.2) is 50.6 Å². The summed E-state index contributed by atoms with van der Waals surface area (Å²) in [6, 6.07) is 3.71. The molecular formula is C14H23N3O2. The molecule has 1 aliphatic rings. The zero-order valence-corrected chi connectivity index (χ0v) is 11.8. The van der Waals surface area contributed by atoms with Crippen molar-refractivity contribution in [3.05, 3.63) is 17.9 Å². The van der Waals surface area contributed by atoms with Crippen LogP contribution in [0.2, 0.25) is 0 Å². The maximum Gasteiger partial charge on any atom is 0.229 e. The molecule has 0 unspecified atom stereocenters. The molecular weight excluding hydrogens is 242 g/mol. The number of rotatable bonds is 5. The van der Waals surface area contributed by atoms with E-state index in [9.17, 15) is 4.79 Å². The summed E-state index contributed by atoms with van der Waals surface area (Å²) in [6.45, 7) is 7.16. The number of aryl methyl sites for hydroxylation is 1. The van der Waals surface area contributed by atoms with E-state index in [-0.39, 0.29) is 5.91 Å². The maximum absolute atomic E-state index is 12.0. The molecule has 1 aromatic rings. The highest BCUT2D eigenvalue weighted by Crippen LogP contribution is 2.17. The molecule has 0 saturated carbocycles. The quantitative estimate of drug-likeness (QED) is 0.870. The topological polar surface area (TPSA) is 48.7 Å². The summed E-state index contributed by atoms with van der Waals surface area (Å²) in [5.74, 6) is 1.57. The fourth-order valence-corrected chi connectivity index (χ4v) is 2.28. The third kappa shape index (κ3) is 4.08. The van der Waals surface area contributed by atoms with E-state index in [2.05, 4.69) is 10.2 Å². The SMILES string of the molecule is Cc1ccc(N(C)C(=O)CCCN2CCNCC2)o1. The number of carbonyl (C=O) groups is 1. The van der Waals surface area contributed by atoms with Gasteiger partial charge in [0, 0.05) is 45.7 Å². The average Bonchev–Trinajstić information content (AvgIpc) is 2.85. The van der Waals surface area contributed by atoms with Crippen LogP contribution in [0.4, 0.5) is 5.88 Å². The summed E-state index contributed by atoms with van der Waals surface area (Å²) < 4.78 is 5.45. The number of nitrogens with one attached hydrogen (secondary N) is 1. The van der Waals surface area contributed by atoms with Crippen LogP contribution in [0.25, 0.3) is 0 Å². The molecule has 1 aliphatic heterocycles. The fraction of sp³-hybridized carbons (Fsp3) is 0.643. The van der Waals surface area contributed by atoms with Crippen LogP contribution in [0.1, 0.15) is 18.6 Å². The minimum atomic E-state index is 0.115. The Morgan fingerprint density at radius 2 is 2.16 bits per heavy atom. The van der Waals surface area contributed by atoms with Crippen LogP contribution in [0, 0.1) is 6.92 Å². The molecule has 19 heavy (non-hydrogen) atoms. The standard InChI is InChI=1S/C14H23N3O2/c1-12-5-6-14(19-12)16(2)13(18)4-3-9-17-10-7-15-8-11-17/h5-6,15H,3-4,7-11H2,1-2H3.